The van der Waals surface area contributed by atoms with Gasteiger partial charge >= 0.3 is 0 Å². The molecule has 2 aliphatic carbocycles. The van der Waals surface area contributed by atoms with Crippen molar-refractivity contribution in [3.63, 3.8) is 0 Å². The SMILES string of the molecule is c1ccc(-c2ccccc2-c2c3c(c(-c4ccccc4-c4ccccc4)c4ccccc24)-c2ccc(-c4ccc5c6c(cccc46)CC5)c4cccc-3c24)cc1. The van der Waals surface area contributed by atoms with Crippen molar-refractivity contribution in [2.24, 2.45) is 0 Å². The third kappa shape index (κ3) is 4.48. The molecule has 0 N–H and O–H groups in total. The van der Waals surface area contributed by atoms with Crippen LogP contribution in [0, 0.1) is 0 Å². The maximum atomic E-state index is 2.44. The van der Waals surface area contributed by atoms with Crippen molar-refractivity contribution >= 4 is 32.3 Å². The zero-order chi connectivity index (χ0) is 36.7. The Morgan fingerprint density at radius 3 is 1.20 bits per heavy atom. The first kappa shape index (κ1) is 31.3. The maximum Gasteiger partial charge on any atom is -0.000718 e. The third-order valence-electron chi connectivity index (χ3n) is 12.5. The second-order valence-electron chi connectivity index (χ2n) is 15.4. The first-order valence-corrected chi connectivity index (χ1v) is 19.8. The average Bonchev–Trinajstić information content (AvgIpc) is 3.85. The molecule has 0 radical (unpaired) electrons. The molecule has 0 fully saturated rings. The Kier molecular flexibility index (Phi) is 6.86. The summed E-state index contributed by atoms with van der Waals surface area (Å²) in [6, 6.07) is 72.5. The molecule has 0 spiro atoms. The van der Waals surface area contributed by atoms with Crippen molar-refractivity contribution in [1.29, 1.82) is 0 Å². The van der Waals surface area contributed by atoms with Gasteiger partial charge < -0.3 is 0 Å². The minimum absolute atomic E-state index is 1.13. The van der Waals surface area contributed by atoms with Gasteiger partial charge in [0.2, 0.25) is 0 Å². The zero-order valence-electron chi connectivity index (χ0n) is 30.9. The molecule has 0 heterocycles. The van der Waals surface area contributed by atoms with Crippen LogP contribution in [0.3, 0.4) is 0 Å². The smallest absolute Gasteiger partial charge is 0.000718 e. The highest BCUT2D eigenvalue weighted by Crippen LogP contribution is 2.60. The molecule has 0 unspecified atom stereocenters. The van der Waals surface area contributed by atoms with Crippen LogP contribution in [-0.4, -0.2) is 0 Å². The summed E-state index contributed by atoms with van der Waals surface area (Å²) in [5, 5.41) is 8.02. The lowest BCUT2D eigenvalue weighted by Crippen LogP contribution is -1.96. The Labute approximate surface area is 327 Å². The molecular formula is C56H36. The average molecular weight is 709 g/mol. The number of hydrogen-bond donors (Lipinski definition) is 0. The summed E-state index contributed by atoms with van der Waals surface area (Å²) in [5.41, 5.74) is 20.9. The minimum Gasteiger partial charge on any atom is -0.0622 e. The fraction of sp³-hybridized carbons (Fsp3) is 0.0357. The van der Waals surface area contributed by atoms with Crippen LogP contribution >= 0.6 is 0 Å². The molecule has 0 aromatic heterocycles. The lowest BCUT2D eigenvalue weighted by atomic mass is 9.79. The van der Waals surface area contributed by atoms with Crippen molar-refractivity contribution in [1.82, 2.24) is 0 Å². The molecule has 0 saturated carbocycles. The van der Waals surface area contributed by atoms with Crippen LogP contribution in [0.15, 0.2) is 194 Å². The second-order valence-corrected chi connectivity index (χ2v) is 15.4. The normalized spacial score (nSPS) is 12.5. The molecule has 0 aliphatic heterocycles. The fourth-order valence-electron chi connectivity index (χ4n) is 10.2. The van der Waals surface area contributed by atoms with Crippen LogP contribution in [-0.2, 0) is 12.8 Å². The highest BCUT2D eigenvalue weighted by Gasteiger charge is 2.33. The van der Waals surface area contributed by atoms with Crippen molar-refractivity contribution in [3.8, 4) is 77.9 Å². The quantitative estimate of drug-likeness (QED) is 0.167. The largest absolute Gasteiger partial charge is 0.0622 e. The van der Waals surface area contributed by atoms with Crippen molar-refractivity contribution in [2.75, 3.05) is 0 Å². The predicted octanol–water partition coefficient (Wildman–Crippen LogP) is 15.2. The number of hydrogen-bond acceptors (Lipinski definition) is 0. The van der Waals surface area contributed by atoms with E-state index in [0.29, 0.717) is 0 Å². The van der Waals surface area contributed by atoms with Gasteiger partial charge in [0, 0.05) is 0 Å². The van der Waals surface area contributed by atoms with Crippen LogP contribution in [0.25, 0.3) is 110 Å². The predicted molar refractivity (Wildman–Crippen MR) is 238 cm³/mol. The van der Waals surface area contributed by atoms with E-state index in [4.69, 9.17) is 0 Å². The van der Waals surface area contributed by atoms with Crippen molar-refractivity contribution in [3.05, 3.63) is 205 Å². The van der Waals surface area contributed by atoms with Gasteiger partial charge in [-0.1, -0.05) is 194 Å². The van der Waals surface area contributed by atoms with Crippen molar-refractivity contribution < 1.29 is 0 Å². The summed E-state index contributed by atoms with van der Waals surface area (Å²) in [6.45, 7) is 0. The number of benzene rings is 10. The Hall–Kier alpha value is -7.02. The Bertz CT molecular complexity index is 3080. The van der Waals surface area contributed by atoms with E-state index in [1.165, 1.54) is 121 Å². The summed E-state index contributed by atoms with van der Waals surface area (Å²) in [5.74, 6) is 0. The summed E-state index contributed by atoms with van der Waals surface area (Å²) in [6.07, 6.45) is 2.26. The zero-order valence-corrected chi connectivity index (χ0v) is 30.9. The Morgan fingerprint density at radius 2 is 0.607 bits per heavy atom. The molecule has 0 bridgehead atoms. The van der Waals surface area contributed by atoms with E-state index < -0.39 is 0 Å². The van der Waals surface area contributed by atoms with E-state index >= 15 is 0 Å². The van der Waals surface area contributed by atoms with Gasteiger partial charge in [0.1, 0.15) is 0 Å². The van der Waals surface area contributed by atoms with Gasteiger partial charge in [-0.15, -0.1) is 0 Å². The Morgan fingerprint density at radius 1 is 0.214 bits per heavy atom. The van der Waals surface area contributed by atoms with E-state index in [2.05, 4.69) is 194 Å². The van der Waals surface area contributed by atoms with Gasteiger partial charge in [0.25, 0.3) is 0 Å². The van der Waals surface area contributed by atoms with Crippen LogP contribution < -0.4 is 0 Å². The van der Waals surface area contributed by atoms with Gasteiger partial charge in [-0.05, 0) is 134 Å². The monoisotopic (exact) mass is 708 g/mol. The first-order chi connectivity index (χ1) is 27.8. The van der Waals surface area contributed by atoms with E-state index in [-0.39, 0.29) is 0 Å². The lowest BCUT2D eigenvalue weighted by molar-refractivity contribution is 1.02. The topological polar surface area (TPSA) is 0 Å². The maximum absolute atomic E-state index is 2.44. The van der Waals surface area contributed by atoms with Gasteiger partial charge in [-0.2, -0.15) is 0 Å². The molecule has 56 heavy (non-hydrogen) atoms. The van der Waals surface area contributed by atoms with Crippen molar-refractivity contribution in [2.45, 2.75) is 12.8 Å². The van der Waals surface area contributed by atoms with Gasteiger partial charge in [0.05, 0.1) is 0 Å². The minimum atomic E-state index is 1.13. The third-order valence-corrected chi connectivity index (χ3v) is 12.5. The summed E-state index contributed by atoms with van der Waals surface area (Å²) >= 11 is 0. The second kappa shape index (κ2) is 12.2. The highest BCUT2D eigenvalue weighted by atomic mass is 14.3. The summed E-state index contributed by atoms with van der Waals surface area (Å²) in [4.78, 5) is 0. The van der Waals surface area contributed by atoms with Crippen LogP contribution in [0.4, 0.5) is 0 Å². The number of rotatable bonds is 5. The molecule has 0 saturated heterocycles. The van der Waals surface area contributed by atoms with E-state index in [1.54, 1.807) is 0 Å². The molecule has 10 aromatic carbocycles. The fourth-order valence-corrected chi connectivity index (χ4v) is 10.2. The molecule has 0 atom stereocenters. The summed E-state index contributed by atoms with van der Waals surface area (Å²) < 4.78 is 0. The molecule has 260 valence electrons. The molecule has 0 heteroatoms. The number of aryl methyl sites for hydroxylation is 2. The molecule has 2 aliphatic rings. The molecule has 0 amide bonds. The van der Waals surface area contributed by atoms with Gasteiger partial charge in [-0.25, -0.2) is 0 Å². The molecular weight excluding hydrogens is 673 g/mol. The van der Waals surface area contributed by atoms with Gasteiger partial charge in [-0.3, -0.25) is 0 Å². The summed E-state index contributed by atoms with van der Waals surface area (Å²) in [7, 11) is 0. The Balaban J connectivity index is 1.24. The van der Waals surface area contributed by atoms with Crippen LogP contribution in [0.2, 0.25) is 0 Å². The van der Waals surface area contributed by atoms with E-state index in [1.807, 2.05) is 0 Å². The van der Waals surface area contributed by atoms with Gasteiger partial charge in [0.15, 0.2) is 0 Å². The standard InChI is InChI=1S/C56H36/c1-3-15-35(16-4-1)39-20-7-9-22-43(39)53-47-24-11-12-25-48(47)54(44-23-10-8-21-40(44)36-17-5-2-6-18-36)56-50-34-33-42(46-27-14-28-49(52(46)50)55(53)56)41-32-31-38-30-29-37-19-13-26-45(41)51(37)38/h1-28,31-34H,29-30H2. The molecule has 10 aromatic rings. The number of fused-ring (bicyclic) bond motifs is 4. The van der Waals surface area contributed by atoms with E-state index in [9.17, 15) is 0 Å². The molecule has 0 nitrogen and oxygen atoms in total. The van der Waals surface area contributed by atoms with Crippen LogP contribution in [0.1, 0.15) is 11.1 Å². The first-order valence-electron chi connectivity index (χ1n) is 19.8. The lowest BCUT2D eigenvalue weighted by Gasteiger charge is -2.23. The highest BCUT2D eigenvalue weighted by molar-refractivity contribution is 6.30. The van der Waals surface area contributed by atoms with E-state index in [0.717, 1.165) is 12.8 Å². The van der Waals surface area contributed by atoms with Crippen LogP contribution in [0.5, 0.6) is 0 Å². The molecule has 12 rings (SSSR count).